The van der Waals surface area contributed by atoms with Crippen molar-refractivity contribution >= 4 is 33.5 Å². The van der Waals surface area contributed by atoms with E-state index in [9.17, 15) is 22.8 Å². The van der Waals surface area contributed by atoms with Crippen LogP contribution in [0.1, 0.15) is 10.5 Å². The summed E-state index contributed by atoms with van der Waals surface area (Å²) in [5.74, 6) is -3.50. The van der Waals surface area contributed by atoms with E-state index in [0.717, 1.165) is 12.1 Å². The Morgan fingerprint density at radius 3 is 2.35 bits per heavy atom. The van der Waals surface area contributed by atoms with Gasteiger partial charge in [0.15, 0.2) is 0 Å². The van der Waals surface area contributed by atoms with Gasteiger partial charge in [0, 0.05) is 0 Å². The van der Waals surface area contributed by atoms with Crippen LogP contribution in [0.4, 0.5) is 18.9 Å². The third-order valence-electron chi connectivity index (χ3n) is 1.57. The Bertz CT molecular complexity index is 476. The van der Waals surface area contributed by atoms with Crippen LogP contribution in [-0.4, -0.2) is 28.1 Å². The zero-order valence-electron chi connectivity index (χ0n) is 7.88. The van der Waals surface area contributed by atoms with Gasteiger partial charge >= 0.3 is 18.1 Å². The van der Waals surface area contributed by atoms with Crippen LogP contribution in [0.15, 0.2) is 16.7 Å². The number of halogens is 4. The molecule has 5 nitrogen and oxygen atoms in total. The maximum Gasteiger partial charge on any atom is 0.471 e. The number of pyridine rings is 1. The second kappa shape index (κ2) is 4.70. The summed E-state index contributed by atoms with van der Waals surface area (Å²) in [4.78, 5) is 24.5. The van der Waals surface area contributed by atoms with Crippen LogP contribution in [0.2, 0.25) is 0 Å². The number of rotatable bonds is 2. The van der Waals surface area contributed by atoms with Gasteiger partial charge in [-0.15, -0.1) is 0 Å². The standard InChI is InChI=1S/C8H4BrF3N2O3/c9-5-3(14-7(17)8(10,11)12)1-2-4(13-5)6(15)16/h1-2H,(H,14,17)(H,15,16). The van der Waals surface area contributed by atoms with E-state index in [1.165, 1.54) is 0 Å². The van der Waals surface area contributed by atoms with Crippen LogP contribution in [0.25, 0.3) is 0 Å². The Morgan fingerprint density at radius 1 is 1.35 bits per heavy atom. The lowest BCUT2D eigenvalue weighted by molar-refractivity contribution is -0.167. The summed E-state index contributed by atoms with van der Waals surface area (Å²) >= 11 is 2.75. The molecule has 1 aromatic heterocycles. The first-order valence-electron chi connectivity index (χ1n) is 4.00. The molecule has 0 aliphatic heterocycles. The highest BCUT2D eigenvalue weighted by atomic mass is 79.9. The Balaban J connectivity index is 2.95. The number of hydrogen-bond acceptors (Lipinski definition) is 3. The van der Waals surface area contributed by atoms with E-state index in [4.69, 9.17) is 5.11 Å². The molecule has 0 saturated carbocycles. The van der Waals surface area contributed by atoms with Crippen molar-refractivity contribution in [3.05, 3.63) is 22.4 Å². The molecule has 0 saturated heterocycles. The van der Waals surface area contributed by atoms with Gasteiger partial charge in [0.1, 0.15) is 10.3 Å². The van der Waals surface area contributed by atoms with Crippen molar-refractivity contribution < 1.29 is 27.9 Å². The lowest BCUT2D eigenvalue weighted by atomic mass is 10.3. The number of carboxylic acid groups (broad SMARTS) is 1. The van der Waals surface area contributed by atoms with Gasteiger partial charge < -0.3 is 10.4 Å². The third-order valence-corrected chi connectivity index (χ3v) is 2.18. The molecule has 92 valence electrons. The second-order valence-corrected chi connectivity index (χ2v) is 3.54. The first-order chi connectivity index (χ1) is 7.71. The molecule has 0 aliphatic rings. The Hall–Kier alpha value is -1.64. The van der Waals surface area contributed by atoms with Crippen LogP contribution in [0.3, 0.4) is 0 Å². The minimum atomic E-state index is -5.02. The highest BCUT2D eigenvalue weighted by molar-refractivity contribution is 9.10. The normalized spacial score (nSPS) is 11.1. The number of hydrogen-bond donors (Lipinski definition) is 2. The summed E-state index contributed by atoms with van der Waals surface area (Å²) < 4.78 is 35.6. The largest absolute Gasteiger partial charge is 0.477 e. The van der Waals surface area contributed by atoms with Gasteiger partial charge in [-0.05, 0) is 28.1 Å². The molecule has 1 amide bonds. The van der Waals surface area contributed by atoms with Crippen molar-refractivity contribution in [2.24, 2.45) is 0 Å². The summed E-state index contributed by atoms with van der Waals surface area (Å²) in [7, 11) is 0. The molecular weight excluding hydrogens is 309 g/mol. The summed E-state index contributed by atoms with van der Waals surface area (Å²) in [5.41, 5.74) is -0.626. The molecule has 1 rings (SSSR count). The van der Waals surface area contributed by atoms with Gasteiger partial charge in [0.05, 0.1) is 5.69 Å². The highest BCUT2D eigenvalue weighted by Crippen LogP contribution is 2.23. The molecule has 0 spiro atoms. The van der Waals surface area contributed by atoms with Gasteiger partial charge in [-0.3, -0.25) is 4.79 Å². The molecule has 1 heterocycles. The van der Waals surface area contributed by atoms with E-state index < -0.39 is 18.1 Å². The summed E-state index contributed by atoms with van der Waals surface area (Å²) in [5, 5.41) is 10.1. The molecule has 17 heavy (non-hydrogen) atoms. The number of anilines is 1. The van der Waals surface area contributed by atoms with Crippen molar-refractivity contribution in [3.8, 4) is 0 Å². The first kappa shape index (κ1) is 13.4. The minimum absolute atomic E-state index is 0.199. The topological polar surface area (TPSA) is 79.3 Å². The van der Waals surface area contributed by atoms with Gasteiger partial charge in [-0.25, -0.2) is 9.78 Å². The molecule has 0 fully saturated rings. The van der Waals surface area contributed by atoms with Crippen molar-refractivity contribution in [1.29, 1.82) is 0 Å². The van der Waals surface area contributed by atoms with E-state index in [0.29, 0.717) is 0 Å². The number of aromatic carboxylic acids is 1. The quantitative estimate of drug-likeness (QED) is 0.819. The Kier molecular flexibility index (Phi) is 3.71. The number of aromatic nitrogens is 1. The number of alkyl halides is 3. The number of nitrogens with zero attached hydrogens (tertiary/aromatic N) is 1. The Labute approximate surface area is 101 Å². The number of nitrogens with one attached hydrogen (secondary N) is 1. The van der Waals surface area contributed by atoms with Gasteiger partial charge in [-0.1, -0.05) is 0 Å². The fourth-order valence-electron chi connectivity index (χ4n) is 0.840. The van der Waals surface area contributed by atoms with Gasteiger partial charge in [0.25, 0.3) is 0 Å². The molecule has 0 unspecified atom stereocenters. The first-order valence-corrected chi connectivity index (χ1v) is 4.79. The number of amides is 1. The lowest BCUT2D eigenvalue weighted by Crippen LogP contribution is -2.30. The van der Waals surface area contributed by atoms with Crippen LogP contribution in [0, 0.1) is 0 Å². The zero-order valence-corrected chi connectivity index (χ0v) is 9.46. The molecule has 0 radical (unpaired) electrons. The minimum Gasteiger partial charge on any atom is -0.477 e. The number of carbonyl (C=O) groups excluding carboxylic acids is 1. The number of carboxylic acids is 1. The lowest BCUT2D eigenvalue weighted by Gasteiger charge is -2.09. The van der Waals surface area contributed by atoms with Gasteiger partial charge in [-0.2, -0.15) is 13.2 Å². The third kappa shape index (κ3) is 3.41. The number of carbonyl (C=O) groups is 2. The van der Waals surface area contributed by atoms with E-state index >= 15 is 0 Å². The van der Waals surface area contributed by atoms with E-state index in [-0.39, 0.29) is 16.0 Å². The monoisotopic (exact) mass is 312 g/mol. The average Bonchev–Trinajstić information content (AvgIpc) is 2.19. The zero-order chi connectivity index (χ0) is 13.2. The molecule has 9 heteroatoms. The predicted octanol–water partition coefficient (Wildman–Crippen LogP) is 2.04. The van der Waals surface area contributed by atoms with Crippen LogP contribution in [-0.2, 0) is 4.79 Å². The van der Waals surface area contributed by atoms with E-state index in [1.54, 1.807) is 5.32 Å². The van der Waals surface area contributed by atoms with Crippen molar-refractivity contribution in [1.82, 2.24) is 4.98 Å². The maximum absolute atomic E-state index is 11.9. The summed E-state index contributed by atoms with van der Waals surface area (Å²) in [6, 6.07) is 1.98. The molecule has 2 N–H and O–H groups in total. The molecule has 0 aromatic carbocycles. The molecule has 0 bridgehead atoms. The molecule has 0 aliphatic carbocycles. The van der Waals surface area contributed by atoms with Crippen LogP contribution < -0.4 is 5.32 Å². The molecular formula is C8H4BrF3N2O3. The van der Waals surface area contributed by atoms with Crippen LogP contribution in [0.5, 0.6) is 0 Å². The fourth-order valence-corrected chi connectivity index (χ4v) is 1.26. The van der Waals surface area contributed by atoms with E-state index in [2.05, 4.69) is 20.9 Å². The Morgan fingerprint density at radius 2 is 1.94 bits per heavy atom. The van der Waals surface area contributed by atoms with Crippen LogP contribution >= 0.6 is 15.9 Å². The van der Waals surface area contributed by atoms with Gasteiger partial charge in [0.2, 0.25) is 0 Å². The molecule has 1 aromatic rings. The SMILES string of the molecule is O=C(O)c1ccc(NC(=O)C(F)(F)F)c(Br)n1. The molecule has 0 atom stereocenters. The summed E-state index contributed by atoms with van der Waals surface area (Å²) in [6.45, 7) is 0. The van der Waals surface area contributed by atoms with E-state index in [1.807, 2.05) is 0 Å². The smallest absolute Gasteiger partial charge is 0.471 e. The second-order valence-electron chi connectivity index (χ2n) is 2.79. The highest BCUT2D eigenvalue weighted by Gasteiger charge is 2.39. The fraction of sp³-hybridized carbons (Fsp3) is 0.125. The van der Waals surface area contributed by atoms with Crippen molar-refractivity contribution in [2.45, 2.75) is 6.18 Å². The van der Waals surface area contributed by atoms with Crippen molar-refractivity contribution in [3.63, 3.8) is 0 Å². The summed E-state index contributed by atoms with van der Waals surface area (Å²) in [6.07, 6.45) is -5.02. The average molecular weight is 313 g/mol. The van der Waals surface area contributed by atoms with Crippen molar-refractivity contribution in [2.75, 3.05) is 5.32 Å². The predicted molar refractivity (Wildman–Crippen MR) is 53.6 cm³/mol. The maximum atomic E-state index is 11.9.